The van der Waals surface area contributed by atoms with E-state index in [0.29, 0.717) is 35.6 Å². The van der Waals surface area contributed by atoms with Gasteiger partial charge in [-0.25, -0.2) is 18.1 Å². The number of rotatable bonds is 9. The third kappa shape index (κ3) is 7.05. The van der Waals surface area contributed by atoms with E-state index in [1.54, 1.807) is 18.3 Å². The lowest BCUT2D eigenvalue weighted by molar-refractivity contribution is 0.582. The summed E-state index contributed by atoms with van der Waals surface area (Å²) in [7, 11) is -3.50. The van der Waals surface area contributed by atoms with Gasteiger partial charge in [-0.3, -0.25) is 4.99 Å². The van der Waals surface area contributed by atoms with Crippen LogP contribution < -0.4 is 15.4 Å². The van der Waals surface area contributed by atoms with Crippen molar-refractivity contribution in [2.45, 2.75) is 32.1 Å². The third-order valence-corrected chi connectivity index (χ3v) is 6.70. The van der Waals surface area contributed by atoms with Crippen molar-refractivity contribution in [3.05, 3.63) is 44.9 Å². The molecule has 0 radical (unpaired) electrons. The Morgan fingerprint density at radius 2 is 2.04 bits per heavy atom. The molecule has 3 N–H and O–H groups in total. The van der Waals surface area contributed by atoms with Crippen LogP contribution in [0.15, 0.2) is 34.3 Å². The summed E-state index contributed by atoms with van der Waals surface area (Å²) in [5, 5.41) is 6.85. The molecule has 7 nitrogen and oxygen atoms in total. The quantitative estimate of drug-likeness (QED) is 0.239. The second-order valence-electron chi connectivity index (χ2n) is 6.10. The fraction of sp³-hybridized carbons (Fsp3) is 0.444. The highest BCUT2D eigenvalue weighted by molar-refractivity contribution is 7.89. The predicted octanol–water partition coefficient (Wildman–Crippen LogP) is 2.49. The first-order valence-electron chi connectivity index (χ1n) is 9.01. The molecule has 0 amide bonds. The molecular formula is C18H26ClN5O2S2. The number of pyridine rings is 1. The number of aromatic nitrogens is 1. The number of aliphatic imine (C=N–C) groups is 1. The highest BCUT2D eigenvalue weighted by atomic mass is 35.5. The maximum atomic E-state index is 12.4. The predicted molar refractivity (Wildman–Crippen MR) is 116 cm³/mol. The van der Waals surface area contributed by atoms with Gasteiger partial charge >= 0.3 is 0 Å². The maximum absolute atomic E-state index is 12.4. The molecule has 10 heteroatoms. The number of nitrogens with one attached hydrogen (secondary N) is 3. The van der Waals surface area contributed by atoms with Gasteiger partial charge in [0.2, 0.25) is 10.0 Å². The van der Waals surface area contributed by atoms with E-state index >= 15 is 0 Å². The molecule has 0 aliphatic rings. The van der Waals surface area contributed by atoms with E-state index in [1.165, 1.54) is 11.3 Å². The second-order valence-corrected chi connectivity index (χ2v) is 9.68. The molecule has 28 heavy (non-hydrogen) atoms. The van der Waals surface area contributed by atoms with Gasteiger partial charge in [0, 0.05) is 35.6 Å². The molecule has 0 atom stereocenters. The van der Waals surface area contributed by atoms with Crippen LogP contribution in [0.25, 0.3) is 0 Å². The molecule has 2 aromatic heterocycles. The molecule has 0 aromatic carbocycles. The summed E-state index contributed by atoms with van der Waals surface area (Å²) in [4.78, 5) is 10.6. The second kappa shape index (κ2) is 10.8. The molecular weight excluding hydrogens is 418 g/mol. The standard InChI is InChI=1S/C18H26ClN5O2S2/c1-4-20-18(21-8-7-15-5-6-17(19)23-12-15)22-9-10-24-28(25,26)16-11-13(2)27-14(16)3/h5-6,11-12,24H,4,7-10H2,1-3H3,(H2,20,21,22). The van der Waals surface area contributed by atoms with Crippen molar-refractivity contribution < 1.29 is 8.42 Å². The Morgan fingerprint density at radius 1 is 1.25 bits per heavy atom. The number of sulfonamides is 1. The molecule has 0 fully saturated rings. The molecule has 2 rings (SSSR count). The van der Waals surface area contributed by atoms with E-state index < -0.39 is 10.0 Å². The Balaban J connectivity index is 1.83. The van der Waals surface area contributed by atoms with Crippen LogP contribution >= 0.6 is 22.9 Å². The fourth-order valence-corrected chi connectivity index (χ4v) is 5.21. The number of hydrogen-bond acceptors (Lipinski definition) is 5. The van der Waals surface area contributed by atoms with E-state index in [4.69, 9.17) is 11.6 Å². The SMILES string of the molecule is CCNC(=NCCNS(=O)(=O)c1cc(C)sc1C)NCCc1ccc(Cl)nc1. The third-order valence-electron chi connectivity index (χ3n) is 3.80. The molecule has 0 unspecified atom stereocenters. The minimum atomic E-state index is -3.50. The Hall–Kier alpha value is -1.68. The van der Waals surface area contributed by atoms with Gasteiger partial charge < -0.3 is 10.6 Å². The largest absolute Gasteiger partial charge is 0.357 e. The van der Waals surface area contributed by atoms with Gasteiger partial charge in [0.05, 0.1) is 11.4 Å². The molecule has 0 saturated heterocycles. The number of halogens is 1. The van der Waals surface area contributed by atoms with E-state index in [0.717, 1.165) is 21.7 Å². The van der Waals surface area contributed by atoms with Crippen molar-refractivity contribution in [1.82, 2.24) is 20.3 Å². The molecule has 154 valence electrons. The Kier molecular flexibility index (Phi) is 8.68. The lowest BCUT2D eigenvalue weighted by Crippen LogP contribution is -2.39. The van der Waals surface area contributed by atoms with E-state index in [9.17, 15) is 8.42 Å². The van der Waals surface area contributed by atoms with Gasteiger partial charge in [0.15, 0.2) is 5.96 Å². The molecule has 0 spiro atoms. The zero-order chi connectivity index (χ0) is 20.6. The van der Waals surface area contributed by atoms with Crippen LogP contribution in [0.2, 0.25) is 5.15 Å². The van der Waals surface area contributed by atoms with Gasteiger partial charge in [-0.05, 0) is 44.9 Å². The number of hydrogen-bond donors (Lipinski definition) is 3. The van der Waals surface area contributed by atoms with Crippen molar-refractivity contribution in [2.75, 3.05) is 26.2 Å². The number of nitrogens with zero attached hydrogens (tertiary/aromatic N) is 2. The summed E-state index contributed by atoms with van der Waals surface area (Å²) in [6.45, 7) is 7.64. The van der Waals surface area contributed by atoms with Crippen molar-refractivity contribution in [2.24, 2.45) is 4.99 Å². The topological polar surface area (TPSA) is 95.5 Å². The summed E-state index contributed by atoms with van der Waals surface area (Å²) in [6.07, 6.45) is 2.52. The zero-order valence-electron chi connectivity index (χ0n) is 16.3. The van der Waals surface area contributed by atoms with E-state index in [-0.39, 0.29) is 6.54 Å². The summed E-state index contributed by atoms with van der Waals surface area (Å²) in [5.41, 5.74) is 1.07. The Morgan fingerprint density at radius 3 is 2.64 bits per heavy atom. The first kappa shape index (κ1) is 22.6. The van der Waals surface area contributed by atoms with Crippen LogP contribution in [-0.4, -0.2) is 45.5 Å². The number of guanidine groups is 1. The summed E-state index contributed by atoms with van der Waals surface area (Å²) in [6, 6.07) is 5.39. The van der Waals surface area contributed by atoms with Crippen LogP contribution in [0.1, 0.15) is 22.2 Å². The van der Waals surface area contributed by atoms with Crippen LogP contribution in [-0.2, 0) is 16.4 Å². The maximum Gasteiger partial charge on any atom is 0.241 e. The van der Waals surface area contributed by atoms with Gasteiger partial charge in [0.1, 0.15) is 5.15 Å². The van der Waals surface area contributed by atoms with Crippen LogP contribution in [0.5, 0.6) is 0 Å². The average Bonchev–Trinajstić information content (AvgIpc) is 2.99. The summed E-state index contributed by atoms with van der Waals surface area (Å²) < 4.78 is 27.4. The fourth-order valence-electron chi connectivity index (χ4n) is 2.52. The minimum absolute atomic E-state index is 0.231. The lowest BCUT2D eigenvalue weighted by atomic mass is 10.2. The van der Waals surface area contributed by atoms with Crippen molar-refractivity contribution in [1.29, 1.82) is 0 Å². The first-order chi connectivity index (χ1) is 13.3. The first-order valence-corrected chi connectivity index (χ1v) is 11.7. The van der Waals surface area contributed by atoms with Crippen molar-refractivity contribution >= 4 is 38.9 Å². The number of thiophene rings is 1. The van der Waals surface area contributed by atoms with E-state index in [2.05, 4.69) is 25.3 Å². The van der Waals surface area contributed by atoms with Crippen molar-refractivity contribution in [3.8, 4) is 0 Å². The summed E-state index contributed by atoms with van der Waals surface area (Å²) >= 11 is 7.26. The molecule has 0 bridgehead atoms. The van der Waals surface area contributed by atoms with Gasteiger partial charge in [-0.15, -0.1) is 11.3 Å². The number of aryl methyl sites for hydroxylation is 2. The van der Waals surface area contributed by atoms with Crippen molar-refractivity contribution in [3.63, 3.8) is 0 Å². The van der Waals surface area contributed by atoms with Gasteiger partial charge in [0.25, 0.3) is 0 Å². The average molecular weight is 444 g/mol. The lowest BCUT2D eigenvalue weighted by Gasteiger charge is -2.11. The van der Waals surface area contributed by atoms with Crippen LogP contribution in [0, 0.1) is 13.8 Å². The van der Waals surface area contributed by atoms with Gasteiger partial charge in [-0.2, -0.15) is 0 Å². The molecule has 2 heterocycles. The summed E-state index contributed by atoms with van der Waals surface area (Å²) in [5.74, 6) is 0.645. The Bertz CT molecular complexity index is 895. The normalized spacial score (nSPS) is 12.2. The highest BCUT2D eigenvalue weighted by Gasteiger charge is 2.18. The minimum Gasteiger partial charge on any atom is -0.357 e. The van der Waals surface area contributed by atoms with Gasteiger partial charge in [-0.1, -0.05) is 17.7 Å². The molecule has 0 saturated carbocycles. The molecule has 0 aliphatic carbocycles. The van der Waals surface area contributed by atoms with Crippen LogP contribution in [0.3, 0.4) is 0 Å². The smallest absolute Gasteiger partial charge is 0.241 e. The highest BCUT2D eigenvalue weighted by Crippen LogP contribution is 2.24. The van der Waals surface area contributed by atoms with E-state index in [1.807, 2.05) is 26.8 Å². The Labute approximate surface area is 175 Å². The zero-order valence-corrected chi connectivity index (χ0v) is 18.6. The molecule has 2 aromatic rings. The molecule has 0 aliphatic heterocycles. The monoisotopic (exact) mass is 443 g/mol. The van der Waals surface area contributed by atoms with Crippen LogP contribution in [0.4, 0.5) is 0 Å².